The summed E-state index contributed by atoms with van der Waals surface area (Å²) in [6, 6.07) is 0. The number of aliphatic hydroxyl groups excluding tert-OH is 1. The molecule has 19 heteroatoms. The summed E-state index contributed by atoms with van der Waals surface area (Å²) in [4.78, 5) is 72.9. The lowest BCUT2D eigenvalue weighted by Gasteiger charge is -2.21. The molecule has 3 N–H and O–H groups in total. The fraction of sp³-hybridized carbons (Fsp3) is 0.950. The molecule has 0 rings (SSSR count). The highest BCUT2D eigenvalue weighted by atomic mass is 31.2. The van der Waals surface area contributed by atoms with E-state index in [0.717, 1.165) is 108 Å². The van der Waals surface area contributed by atoms with E-state index in [-0.39, 0.29) is 25.7 Å². The molecule has 588 valence electrons. The van der Waals surface area contributed by atoms with Gasteiger partial charge >= 0.3 is 39.5 Å². The third-order valence-corrected chi connectivity index (χ3v) is 20.9. The normalized spacial score (nSPS) is 14.3. The van der Waals surface area contributed by atoms with E-state index in [1.807, 2.05) is 0 Å². The van der Waals surface area contributed by atoms with Gasteiger partial charge in [-0.3, -0.25) is 37.3 Å². The molecule has 17 nitrogen and oxygen atoms in total. The first-order chi connectivity index (χ1) is 47.8. The fourth-order valence-electron chi connectivity index (χ4n) is 12.3. The lowest BCUT2D eigenvalue weighted by Crippen LogP contribution is -2.30. The van der Waals surface area contributed by atoms with Crippen molar-refractivity contribution in [1.82, 2.24) is 0 Å². The molecule has 3 unspecified atom stereocenters. The minimum Gasteiger partial charge on any atom is -0.462 e. The molecule has 0 bridgehead atoms. The second-order valence-corrected chi connectivity index (χ2v) is 32.9. The van der Waals surface area contributed by atoms with Crippen molar-refractivity contribution in [2.75, 3.05) is 39.6 Å². The molecule has 0 radical (unpaired) electrons. The van der Waals surface area contributed by atoms with Gasteiger partial charge in [-0.15, -0.1) is 0 Å². The van der Waals surface area contributed by atoms with Gasteiger partial charge in [-0.25, -0.2) is 9.13 Å². The highest BCUT2D eigenvalue weighted by Crippen LogP contribution is 2.45. The zero-order valence-corrected chi connectivity index (χ0v) is 66.8. The summed E-state index contributed by atoms with van der Waals surface area (Å²) in [6.45, 7) is 12.0. The van der Waals surface area contributed by atoms with Gasteiger partial charge in [0.1, 0.15) is 19.3 Å². The van der Waals surface area contributed by atoms with Crippen LogP contribution in [0.1, 0.15) is 414 Å². The number of aliphatic hydroxyl groups is 1. The molecule has 0 aromatic rings. The molecule has 0 aliphatic heterocycles. The Morgan fingerprint density at radius 2 is 0.515 bits per heavy atom. The Morgan fingerprint density at radius 3 is 0.768 bits per heavy atom. The molecular formula is C80H156O17P2. The summed E-state index contributed by atoms with van der Waals surface area (Å²) in [7, 11) is -9.92. The summed E-state index contributed by atoms with van der Waals surface area (Å²) in [6.07, 6.45) is 58.4. The Kier molecular flexibility index (Phi) is 69.0. The second-order valence-electron chi connectivity index (χ2n) is 30.0. The molecule has 0 fully saturated rings. The van der Waals surface area contributed by atoms with Crippen LogP contribution in [-0.2, 0) is 65.4 Å². The topological polar surface area (TPSA) is 237 Å². The number of phosphoric acid groups is 2. The average Bonchev–Trinajstić information content (AvgIpc) is 0.993. The van der Waals surface area contributed by atoms with Crippen LogP contribution in [0.4, 0.5) is 0 Å². The molecule has 0 amide bonds. The van der Waals surface area contributed by atoms with E-state index in [1.54, 1.807) is 0 Å². The number of unbranched alkanes of at least 4 members (excludes halogenated alkanes) is 45. The van der Waals surface area contributed by atoms with Crippen molar-refractivity contribution in [1.29, 1.82) is 0 Å². The van der Waals surface area contributed by atoms with Gasteiger partial charge in [-0.05, 0) is 43.4 Å². The van der Waals surface area contributed by atoms with Gasteiger partial charge in [-0.2, -0.15) is 0 Å². The Bertz CT molecular complexity index is 1920. The first-order valence-electron chi connectivity index (χ1n) is 41.4. The van der Waals surface area contributed by atoms with Crippen LogP contribution in [0.25, 0.3) is 0 Å². The SMILES string of the molecule is CCCCCCCCCCCCCC(=O)O[C@H](COC(=O)CCCCCCCCCC(C)C)COP(=O)(O)OC[C@H](O)COP(=O)(O)OC[C@@H](COC(=O)CCCCCCCCCCCCCCCC(C)C)OC(=O)CCCCCCCCCCCCCCCCCCCCC(C)CC. The average molecular weight is 1450 g/mol. The van der Waals surface area contributed by atoms with Crippen LogP contribution in [-0.4, -0.2) is 96.7 Å². The van der Waals surface area contributed by atoms with E-state index < -0.39 is 97.5 Å². The fourth-order valence-corrected chi connectivity index (χ4v) is 13.9. The third kappa shape index (κ3) is 72.8. The molecule has 0 saturated carbocycles. The molecule has 0 saturated heterocycles. The zero-order chi connectivity index (χ0) is 73.0. The predicted octanol–water partition coefficient (Wildman–Crippen LogP) is 23.7. The molecule has 0 heterocycles. The van der Waals surface area contributed by atoms with Crippen molar-refractivity contribution < 1.29 is 80.2 Å². The standard InChI is InChI=1S/C80H156O17P2/c1-8-10-11-12-13-14-26-34-41-49-56-63-79(84)97-76(68-91-78(83)62-55-48-43-36-38-45-52-59-72(5)6)70-95-99(88,89)93-66-74(81)65-92-98(86,87)94-69-75(67-90-77(82)61-54-47-40-33-29-25-21-22-27-31-37-44-51-58-71(3)4)96-80(85)64-57-50-42-35-30-24-20-18-16-15-17-19-23-28-32-39-46-53-60-73(7)9-2/h71-76,81H,8-70H2,1-7H3,(H,86,87)(H,88,89)/t73?,74-,75-,76-/m1/s1. The number of esters is 4. The van der Waals surface area contributed by atoms with E-state index in [2.05, 4.69) is 48.5 Å². The molecule has 0 spiro atoms. The van der Waals surface area contributed by atoms with E-state index >= 15 is 0 Å². The molecule has 99 heavy (non-hydrogen) atoms. The number of carbonyl (C=O) groups is 4. The van der Waals surface area contributed by atoms with E-state index in [9.17, 15) is 43.2 Å². The van der Waals surface area contributed by atoms with E-state index in [4.69, 9.17) is 37.0 Å². The molecule has 0 aliphatic rings. The lowest BCUT2D eigenvalue weighted by molar-refractivity contribution is -0.161. The summed E-state index contributed by atoms with van der Waals surface area (Å²) >= 11 is 0. The van der Waals surface area contributed by atoms with Crippen LogP contribution in [0.3, 0.4) is 0 Å². The van der Waals surface area contributed by atoms with Gasteiger partial charge in [0.25, 0.3) is 0 Å². The van der Waals surface area contributed by atoms with Crippen molar-refractivity contribution in [3.63, 3.8) is 0 Å². The van der Waals surface area contributed by atoms with Gasteiger partial charge in [0.2, 0.25) is 0 Å². The van der Waals surface area contributed by atoms with Gasteiger partial charge in [0.05, 0.1) is 26.4 Å². The summed E-state index contributed by atoms with van der Waals surface area (Å²) in [5.41, 5.74) is 0. The van der Waals surface area contributed by atoms with Gasteiger partial charge < -0.3 is 33.8 Å². The van der Waals surface area contributed by atoms with E-state index in [0.29, 0.717) is 31.6 Å². The molecular weight excluding hydrogens is 1290 g/mol. The summed E-state index contributed by atoms with van der Waals surface area (Å²) < 4.78 is 68.6. The molecule has 0 aliphatic carbocycles. The number of ether oxygens (including phenoxy) is 4. The van der Waals surface area contributed by atoms with Crippen molar-refractivity contribution in [3.05, 3.63) is 0 Å². The smallest absolute Gasteiger partial charge is 0.462 e. The van der Waals surface area contributed by atoms with Crippen LogP contribution >= 0.6 is 15.6 Å². The Labute approximate surface area is 607 Å². The highest BCUT2D eigenvalue weighted by Gasteiger charge is 2.30. The highest BCUT2D eigenvalue weighted by molar-refractivity contribution is 7.47. The van der Waals surface area contributed by atoms with Crippen LogP contribution in [0.5, 0.6) is 0 Å². The largest absolute Gasteiger partial charge is 0.472 e. The van der Waals surface area contributed by atoms with Crippen LogP contribution < -0.4 is 0 Å². The maximum atomic E-state index is 13.1. The Morgan fingerprint density at radius 1 is 0.293 bits per heavy atom. The Balaban J connectivity index is 5.20. The van der Waals surface area contributed by atoms with Crippen molar-refractivity contribution >= 4 is 39.5 Å². The maximum Gasteiger partial charge on any atom is 0.472 e. The second kappa shape index (κ2) is 70.4. The quantitative estimate of drug-likeness (QED) is 0.0222. The summed E-state index contributed by atoms with van der Waals surface area (Å²) in [5.74, 6) is 0.254. The molecule has 6 atom stereocenters. The van der Waals surface area contributed by atoms with E-state index in [1.165, 1.54) is 218 Å². The van der Waals surface area contributed by atoms with Crippen LogP contribution in [0.2, 0.25) is 0 Å². The van der Waals surface area contributed by atoms with Gasteiger partial charge in [0.15, 0.2) is 12.2 Å². The van der Waals surface area contributed by atoms with Crippen molar-refractivity contribution in [2.45, 2.75) is 433 Å². The van der Waals surface area contributed by atoms with Crippen molar-refractivity contribution in [2.24, 2.45) is 17.8 Å². The predicted molar refractivity (Wildman–Crippen MR) is 405 cm³/mol. The molecule has 0 aromatic carbocycles. The number of hydrogen-bond donors (Lipinski definition) is 3. The third-order valence-electron chi connectivity index (χ3n) is 19.0. The summed E-state index contributed by atoms with van der Waals surface area (Å²) in [5, 5.41) is 10.6. The number of rotatable bonds is 78. The Hall–Kier alpha value is -1.94. The van der Waals surface area contributed by atoms with Crippen molar-refractivity contribution in [3.8, 4) is 0 Å². The number of hydrogen-bond acceptors (Lipinski definition) is 15. The lowest BCUT2D eigenvalue weighted by atomic mass is 9.99. The first kappa shape index (κ1) is 97.1. The number of phosphoric ester groups is 2. The van der Waals surface area contributed by atoms with Crippen LogP contribution in [0, 0.1) is 17.8 Å². The van der Waals surface area contributed by atoms with Gasteiger partial charge in [-0.1, -0.05) is 363 Å². The monoisotopic (exact) mass is 1450 g/mol. The van der Waals surface area contributed by atoms with Gasteiger partial charge in [0, 0.05) is 25.7 Å². The molecule has 0 aromatic heterocycles. The minimum absolute atomic E-state index is 0.106. The minimum atomic E-state index is -4.96. The number of carbonyl (C=O) groups excluding carboxylic acids is 4. The first-order valence-corrected chi connectivity index (χ1v) is 44.4. The zero-order valence-electron chi connectivity index (χ0n) is 65.0. The van der Waals surface area contributed by atoms with Crippen LogP contribution in [0.15, 0.2) is 0 Å². The maximum absolute atomic E-state index is 13.1.